The fourth-order valence-corrected chi connectivity index (χ4v) is 4.81. The molecule has 0 fully saturated rings. The third kappa shape index (κ3) is 4.83. The van der Waals surface area contributed by atoms with Crippen LogP contribution in [-0.4, -0.2) is 58.8 Å². The van der Waals surface area contributed by atoms with Crippen LogP contribution in [0.15, 0.2) is 89.5 Å². The summed E-state index contributed by atoms with van der Waals surface area (Å²) in [5, 5.41) is 6.01. The molecule has 2 aromatic heterocycles. The number of rotatable bonds is 7. The third-order valence-electron chi connectivity index (χ3n) is 6.60. The van der Waals surface area contributed by atoms with Crippen molar-refractivity contribution in [2.24, 2.45) is 9.98 Å². The fraction of sp³-hybridized carbons (Fsp3) is 0.194. The normalized spacial score (nSPS) is 13.5. The predicted octanol–water partition coefficient (Wildman–Crippen LogP) is 5.60. The lowest BCUT2D eigenvalue weighted by Crippen LogP contribution is -2.09. The van der Waals surface area contributed by atoms with Gasteiger partial charge in [0.15, 0.2) is 0 Å². The summed E-state index contributed by atoms with van der Waals surface area (Å²) in [6.45, 7) is 4.71. The molecule has 190 valence electrons. The number of aliphatic imine (C=N–C) groups is 2. The molecule has 7 heteroatoms. The Morgan fingerprint density at radius 3 is 2.63 bits per heavy atom. The third-order valence-corrected chi connectivity index (χ3v) is 6.60. The molecular formula is C31H30N6O. The minimum atomic E-state index is -0.266. The first kappa shape index (κ1) is 25.0. The van der Waals surface area contributed by atoms with Gasteiger partial charge in [0.25, 0.3) is 5.91 Å². The fourth-order valence-electron chi connectivity index (χ4n) is 4.81. The number of carbonyl (C=O) groups excluding carboxylic acids is 1. The van der Waals surface area contributed by atoms with Gasteiger partial charge in [0, 0.05) is 56.1 Å². The van der Waals surface area contributed by atoms with Gasteiger partial charge in [-0.3, -0.25) is 19.5 Å². The van der Waals surface area contributed by atoms with Crippen LogP contribution in [0.25, 0.3) is 33.2 Å². The molecule has 0 N–H and O–H groups in total. The van der Waals surface area contributed by atoms with E-state index in [1.165, 1.54) is 12.0 Å². The standard InChI is InChI=1S/C31H30N6O/c1-5-6-8-26(32-2)30-29(28-9-7-18-37(28)35-30)25-16-17-33-27-19-23(14-15-24(25)27)21-10-12-22(13-11-21)31(38)34-20-36(3)4/h5-6,8,10-17,19-20H,1,7,9,18H2,2-4H3/b8-6-,32-26?,34-20?. The summed E-state index contributed by atoms with van der Waals surface area (Å²) in [4.78, 5) is 27.2. The van der Waals surface area contributed by atoms with Crippen LogP contribution >= 0.6 is 0 Å². The summed E-state index contributed by atoms with van der Waals surface area (Å²) in [6, 6.07) is 15.9. The Balaban J connectivity index is 1.55. The summed E-state index contributed by atoms with van der Waals surface area (Å²) in [7, 11) is 5.45. The van der Waals surface area contributed by atoms with E-state index in [0.717, 1.165) is 63.9 Å². The summed E-state index contributed by atoms with van der Waals surface area (Å²) < 4.78 is 2.11. The van der Waals surface area contributed by atoms with Crippen molar-refractivity contribution in [3.8, 4) is 22.3 Å². The Labute approximate surface area is 222 Å². The molecule has 5 rings (SSSR count). The van der Waals surface area contributed by atoms with Gasteiger partial charge < -0.3 is 4.90 Å². The number of pyridine rings is 1. The van der Waals surface area contributed by atoms with E-state index >= 15 is 0 Å². The highest BCUT2D eigenvalue weighted by Gasteiger charge is 2.26. The molecule has 0 unspecified atom stereocenters. The van der Waals surface area contributed by atoms with Gasteiger partial charge in [-0.05, 0) is 59.9 Å². The van der Waals surface area contributed by atoms with Crippen molar-refractivity contribution in [1.29, 1.82) is 0 Å². The molecule has 0 radical (unpaired) electrons. The molecule has 7 nitrogen and oxygen atoms in total. The van der Waals surface area contributed by atoms with Crippen molar-refractivity contribution >= 4 is 28.9 Å². The van der Waals surface area contributed by atoms with Crippen LogP contribution in [0.4, 0.5) is 0 Å². The molecule has 4 aromatic rings. The van der Waals surface area contributed by atoms with Gasteiger partial charge in [0.05, 0.1) is 17.6 Å². The number of allylic oxidation sites excluding steroid dienone is 3. The zero-order valence-electron chi connectivity index (χ0n) is 21.9. The molecule has 0 saturated heterocycles. The van der Waals surface area contributed by atoms with Crippen molar-refractivity contribution < 1.29 is 4.79 Å². The number of aromatic nitrogens is 3. The van der Waals surface area contributed by atoms with Gasteiger partial charge in [0.1, 0.15) is 5.69 Å². The van der Waals surface area contributed by atoms with Crippen LogP contribution in [-0.2, 0) is 13.0 Å². The average molecular weight is 503 g/mol. The highest BCUT2D eigenvalue weighted by atomic mass is 16.1. The van der Waals surface area contributed by atoms with E-state index < -0.39 is 0 Å². The number of hydrogen-bond donors (Lipinski definition) is 0. The Morgan fingerprint density at radius 1 is 1.11 bits per heavy atom. The van der Waals surface area contributed by atoms with Crippen LogP contribution in [0.2, 0.25) is 0 Å². The quantitative estimate of drug-likeness (QED) is 0.187. The molecule has 1 amide bonds. The first-order valence-electron chi connectivity index (χ1n) is 12.6. The Kier molecular flexibility index (Phi) is 7.09. The predicted molar refractivity (Wildman–Crippen MR) is 155 cm³/mol. The molecule has 0 bridgehead atoms. The Hall–Kier alpha value is -4.65. The second-order valence-corrected chi connectivity index (χ2v) is 9.38. The maximum absolute atomic E-state index is 12.3. The first-order chi connectivity index (χ1) is 18.5. The van der Waals surface area contributed by atoms with Gasteiger partial charge >= 0.3 is 0 Å². The van der Waals surface area contributed by atoms with Crippen molar-refractivity contribution in [3.05, 3.63) is 96.5 Å². The SMILES string of the molecule is C=C/C=C\C(=NC)c1nn2c(c1-c1ccnc3cc(-c4ccc(C(=O)N=CN(C)C)cc4)ccc13)CCC2. The molecule has 1 aliphatic rings. The summed E-state index contributed by atoms with van der Waals surface area (Å²) in [5.41, 5.74) is 8.66. The monoisotopic (exact) mass is 502 g/mol. The summed E-state index contributed by atoms with van der Waals surface area (Å²) >= 11 is 0. The molecule has 0 spiro atoms. The maximum atomic E-state index is 12.3. The van der Waals surface area contributed by atoms with Crippen molar-refractivity contribution in [1.82, 2.24) is 19.7 Å². The smallest absolute Gasteiger partial charge is 0.278 e. The van der Waals surface area contributed by atoms with E-state index in [-0.39, 0.29) is 5.91 Å². The molecule has 2 aromatic carbocycles. The van der Waals surface area contributed by atoms with E-state index in [2.05, 4.69) is 45.5 Å². The minimum Gasteiger partial charge on any atom is -0.369 e. The minimum absolute atomic E-state index is 0.266. The molecular weight excluding hydrogens is 472 g/mol. The molecule has 0 aliphatic carbocycles. The van der Waals surface area contributed by atoms with Crippen LogP contribution in [0, 0.1) is 0 Å². The van der Waals surface area contributed by atoms with Crippen LogP contribution in [0.3, 0.4) is 0 Å². The number of aryl methyl sites for hydroxylation is 1. The Morgan fingerprint density at radius 2 is 1.89 bits per heavy atom. The number of nitrogens with zero attached hydrogens (tertiary/aromatic N) is 6. The van der Waals surface area contributed by atoms with E-state index in [9.17, 15) is 4.79 Å². The number of fused-ring (bicyclic) bond motifs is 2. The second-order valence-electron chi connectivity index (χ2n) is 9.38. The number of hydrogen-bond acceptors (Lipinski definition) is 4. The lowest BCUT2D eigenvalue weighted by atomic mass is 9.94. The van der Waals surface area contributed by atoms with E-state index in [0.29, 0.717) is 5.56 Å². The van der Waals surface area contributed by atoms with E-state index in [1.807, 2.05) is 56.7 Å². The molecule has 1 aliphatic heterocycles. The zero-order valence-corrected chi connectivity index (χ0v) is 21.9. The number of amides is 1. The van der Waals surface area contributed by atoms with Gasteiger partial charge in [-0.2, -0.15) is 10.1 Å². The van der Waals surface area contributed by atoms with Crippen LogP contribution < -0.4 is 0 Å². The van der Waals surface area contributed by atoms with Crippen molar-refractivity contribution in [3.63, 3.8) is 0 Å². The van der Waals surface area contributed by atoms with E-state index in [4.69, 9.17) is 10.1 Å². The topological polar surface area (TPSA) is 75.7 Å². The first-order valence-corrected chi connectivity index (χ1v) is 12.6. The molecule has 38 heavy (non-hydrogen) atoms. The zero-order chi connectivity index (χ0) is 26.6. The van der Waals surface area contributed by atoms with Gasteiger partial charge in [-0.25, -0.2) is 0 Å². The largest absolute Gasteiger partial charge is 0.369 e. The second kappa shape index (κ2) is 10.8. The molecule has 0 saturated carbocycles. The van der Waals surface area contributed by atoms with Gasteiger partial charge in [-0.1, -0.05) is 43.0 Å². The average Bonchev–Trinajstić information content (AvgIpc) is 3.53. The number of benzene rings is 2. The van der Waals surface area contributed by atoms with Crippen molar-refractivity contribution in [2.45, 2.75) is 19.4 Å². The number of carbonyl (C=O) groups is 1. The Bertz CT molecular complexity index is 1610. The maximum Gasteiger partial charge on any atom is 0.278 e. The van der Waals surface area contributed by atoms with Gasteiger partial charge in [-0.15, -0.1) is 0 Å². The highest BCUT2D eigenvalue weighted by molar-refractivity contribution is 6.13. The molecule has 3 heterocycles. The van der Waals surface area contributed by atoms with Crippen LogP contribution in [0.1, 0.15) is 28.2 Å². The highest BCUT2D eigenvalue weighted by Crippen LogP contribution is 2.37. The van der Waals surface area contributed by atoms with Gasteiger partial charge in [0.2, 0.25) is 0 Å². The van der Waals surface area contributed by atoms with Crippen LogP contribution in [0.5, 0.6) is 0 Å². The van der Waals surface area contributed by atoms with Crippen molar-refractivity contribution in [2.75, 3.05) is 21.1 Å². The van der Waals surface area contributed by atoms with E-state index in [1.54, 1.807) is 18.0 Å². The molecule has 0 atom stereocenters. The lowest BCUT2D eigenvalue weighted by molar-refractivity contribution is 0.100. The summed E-state index contributed by atoms with van der Waals surface area (Å²) in [6.07, 6.45) is 11.0. The lowest BCUT2D eigenvalue weighted by Gasteiger charge is -2.11. The summed E-state index contributed by atoms with van der Waals surface area (Å²) in [5.74, 6) is -0.266.